The zero-order valence-electron chi connectivity index (χ0n) is 13.1. The summed E-state index contributed by atoms with van der Waals surface area (Å²) in [6, 6.07) is 8.77. The van der Waals surface area contributed by atoms with Crippen molar-refractivity contribution in [3.05, 3.63) is 29.8 Å². The molecule has 1 rings (SSSR count). The summed E-state index contributed by atoms with van der Waals surface area (Å²) >= 11 is 0. The van der Waals surface area contributed by atoms with Gasteiger partial charge in [-0.2, -0.15) is 0 Å². The van der Waals surface area contributed by atoms with E-state index >= 15 is 0 Å². The van der Waals surface area contributed by atoms with Gasteiger partial charge < -0.3 is 10.1 Å². The van der Waals surface area contributed by atoms with Gasteiger partial charge in [0.25, 0.3) is 0 Å². The fraction of sp³-hybridized carbons (Fsp3) is 0.647. The first kappa shape index (κ1) is 16.0. The van der Waals surface area contributed by atoms with Crippen molar-refractivity contribution in [3.8, 4) is 5.75 Å². The molecule has 1 N–H and O–H groups in total. The molecule has 1 aromatic rings. The first-order chi connectivity index (χ1) is 8.98. The van der Waals surface area contributed by atoms with E-state index in [9.17, 15) is 0 Å². The van der Waals surface area contributed by atoms with Crippen LogP contribution in [0.15, 0.2) is 24.3 Å². The van der Waals surface area contributed by atoms with E-state index in [2.05, 4.69) is 51.2 Å². The minimum Gasteiger partial charge on any atom is -0.494 e. The maximum Gasteiger partial charge on any atom is 0.124 e. The standard InChI is InChI=1S/C17H29NO/c1-6-18-15(12-13-17(3,4)5)14-10-8-9-11-16(14)19-7-2/h8-11,15,18H,6-7,12-13H2,1-5H3. The fourth-order valence-electron chi connectivity index (χ4n) is 2.25. The Kier molecular flexibility index (Phi) is 6.36. The molecular weight excluding hydrogens is 234 g/mol. The largest absolute Gasteiger partial charge is 0.494 e. The number of nitrogens with one attached hydrogen (secondary N) is 1. The highest BCUT2D eigenvalue weighted by molar-refractivity contribution is 5.36. The third kappa shape index (κ3) is 5.65. The highest BCUT2D eigenvalue weighted by atomic mass is 16.5. The van der Waals surface area contributed by atoms with Crippen LogP contribution in [0.5, 0.6) is 5.75 Å². The lowest BCUT2D eigenvalue weighted by molar-refractivity contribution is 0.313. The summed E-state index contributed by atoms with van der Waals surface area (Å²) in [5.41, 5.74) is 1.66. The molecule has 2 nitrogen and oxygen atoms in total. The fourth-order valence-corrected chi connectivity index (χ4v) is 2.25. The summed E-state index contributed by atoms with van der Waals surface area (Å²) in [4.78, 5) is 0. The summed E-state index contributed by atoms with van der Waals surface area (Å²) in [5.74, 6) is 1.02. The number of rotatable bonds is 7. The Bertz CT molecular complexity index is 368. The Morgan fingerprint density at radius 2 is 1.84 bits per heavy atom. The van der Waals surface area contributed by atoms with Gasteiger partial charge in [-0.1, -0.05) is 45.9 Å². The van der Waals surface area contributed by atoms with Crippen molar-refractivity contribution in [2.75, 3.05) is 13.2 Å². The van der Waals surface area contributed by atoms with Crippen LogP contribution in [0.25, 0.3) is 0 Å². The van der Waals surface area contributed by atoms with E-state index in [1.54, 1.807) is 0 Å². The molecule has 0 radical (unpaired) electrons. The van der Waals surface area contributed by atoms with Crippen LogP contribution in [-0.2, 0) is 0 Å². The molecule has 0 aliphatic rings. The highest BCUT2D eigenvalue weighted by Gasteiger charge is 2.18. The average molecular weight is 263 g/mol. The molecule has 0 aromatic heterocycles. The van der Waals surface area contributed by atoms with E-state index in [-0.39, 0.29) is 0 Å². The Labute approximate surface area is 118 Å². The number of hydrogen-bond donors (Lipinski definition) is 1. The number of hydrogen-bond acceptors (Lipinski definition) is 2. The van der Waals surface area contributed by atoms with Crippen molar-refractivity contribution in [2.24, 2.45) is 5.41 Å². The Morgan fingerprint density at radius 1 is 1.16 bits per heavy atom. The lowest BCUT2D eigenvalue weighted by Crippen LogP contribution is -2.23. The third-order valence-electron chi connectivity index (χ3n) is 3.23. The number of benzene rings is 1. The van der Waals surface area contributed by atoms with E-state index in [0.717, 1.165) is 25.3 Å². The lowest BCUT2D eigenvalue weighted by atomic mass is 9.87. The Balaban J connectivity index is 2.85. The van der Waals surface area contributed by atoms with Crippen molar-refractivity contribution in [1.29, 1.82) is 0 Å². The monoisotopic (exact) mass is 263 g/mol. The number of para-hydroxylation sites is 1. The van der Waals surface area contributed by atoms with E-state index in [0.29, 0.717) is 11.5 Å². The molecule has 0 aliphatic heterocycles. The maximum absolute atomic E-state index is 5.76. The topological polar surface area (TPSA) is 21.3 Å². The molecule has 0 saturated heterocycles. The van der Waals surface area contributed by atoms with Crippen LogP contribution in [0.4, 0.5) is 0 Å². The minimum absolute atomic E-state index is 0.369. The van der Waals surface area contributed by atoms with Gasteiger partial charge in [0.1, 0.15) is 5.75 Å². The van der Waals surface area contributed by atoms with Crippen molar-refractivity contribution >= 4 is 0 Å². The molecule has 0 heterocycles. The molecule has 0 saturated carbocycles. The van der Waals surface area contributed by atoms with Gasteiger partial charge in [0.15, 0.2) is 0 Å². The average Bonchev–Trinajstić information content (AvgIpc) is 2.35. The van der Waals surface area contributed by atoms with E-state index < -0.39 is 0 Å². The normalized spacial score (nSPS) is 13.3. The van der Waals surface area contributed by atoms with Gasteiger partial charge in [0.05, 0.1) is 6.61 Å². The smallest absolute Gasteiger partial charge is 0.124 e. The SMILES string of the molecule is CCNC(CCC(C)(C)C)c1ccccc1OCC. The maximum atomic E-state index is 5.76. The molecule has 1 unspecified atom stereocenters. The molecule has 0 bridgehead atoms. The Hall–Kier alpha value is -1.02. The van der Waals surface area contributed by atoms with Crippen LogP contribution in [0.1, 0.15) is 59.1 Å². The first-order valence-corrected chi connectivity index (χ1v) is 7.43. The molecule has 1 atom stereocenters. The molecule has 0 spiro atoms. The van der Waals surface area contributed by atoms with E-state index in [1.807, 2.05) is 13.0 Å². The van der Waals surface area contributed by atoms with Crippen LogP contribution < -0.4 is 10.1 Å². The van der Waals surface area contributed by atoms with Gasteiger partial charge >= 0.3 is 0 Å². The van der Waals surface area contributed by atoms with E-state index in [4.69, 9.17) is 4.74 Å². The van der Waals surface area contributed by atoms with Crippen LogP contribution in [0, 0.1) is 5.41 Å². The summed E-state index contributed by atoms with van der Waals surface area (Å²) in [6.07, 6.45) is 2.34. The lowest BCUT2D eigenvalue weighted by Gasteiger charge is -2.25. The second-order valence-electron chi connectivity index (χ2n) is 6.18. The van der Waals surface area contributed by atoms with Gasteiger partial charge in [-0.05, 0) is 37.8 Å². The molecule has 0 amide bonds. The zero-order chi connectivity index (χ0) is 14.3. The summed E-state index contributed by atoms with van der Waals surface area (Å²) in [6.45, 7) is 12.8. The molecule has 0 fully saturated rings. The quantitative estimate of drug-likeness (QED) is 0.778. The van der Waals surface area contributed by atoms with Crippen molar-refractivity contribution in [1.82, 2.24) is 5.32 Å². The predicted molar refractivity (Wildman–Crippen MR) is 82.7 cm³/mol. The molecular formula is C17H29NO. The molecule has 2 heteroatoms. The second-order valence-corrected chi connectivity index (χ2v) is 6.18. The Morgan fingerprint density at radius 3 is 2.42 bits per heavy atom. The second kappa shape index (κ2) is 7.54. The predicted octanol–water partition coefficient (Wildman–Crippen LogP) is 4.56. The van der Waals surface area contributed by atoms with Gasteiger partial charge in [-0.3, -0.25) is 0 Å². The van der Waals surface area contributed by atoms with Gasteiger partial charge in [0, 0.05) is 11.6 Å². The number of ether oxygens (including phenoxy) is 1. The minimum atomic E-state index is 0.369. The molecule has 108 valence electrons. The molecule has 19 heavy (non-hydrogen) atoms. The van der Waals surface area contributed by atoms with Crippen LogP contribution in [0.3, 0.4) is 0 Å². The highest BCUT2D eigenvalue weighted by Crippen LogP contribution is 2.32. The van der Waals surface area contributed by atoms with Crippen LogP contribution in [-0.4, -0.2) is 13.2 Å². The molecule has 1 aromatic carbocycles. The summed E-state index contributed by atoms with van der Waals surface area (Å²) in [7, 11) is 0. The van der Waals surface area contributed by atoms with Crippen molar-refractivity contribution in [2.45, 2.75) is 53.5 Å². The summed E-state index contributed by atoms with van der Waals surface area (Å²) in [5, 5.41) is 3.59. The van der Waals surface area contributed by atoms with Crippen molar-refractivity contribution in [3.63, 3.8) is 0 Å². The van der Waals surface area contributed by atoms with Crippen LogP contribution in [0.2, 0.25) is 0 Å². The van der Waals surface area contributed by atoms with Gasteiger partial charge in [0.2, 0.25) is 0 Å². The summed E-state index contributed by atoms with van der Waals surface area (Å²) < 4.78 is 5.76. The van der Waals surface area contributed by atoms with Gasteiger partial charge in [-0.15, -0.1) is 0 Å². The zero-order valence-corrected chi connectivity index (χ0v) is 13.1. The van der Waals surface area contributed by atoms with Gasteiger partial charge in [-0.25, -0.2) is 0 Å². The van der Waals surface area contributed by atoms with E-state index in [1.165, 1.54) is 12.0 Å². The first-order valence-electron chi connectivity index (χ1n) is 7.43. The molecule has 0 aliphatic carbocycles. The van der Waals surface area contributed by atoms with Crippen molar-refractivity contribution < 1.29 is 4.74 Å². The third-order valence-corrected chi connectivity index (χ3v) is 3.23. The van der Waals surface area contributed by atoms with Crippen LogP contribution >= 0.6 is 0 Å².